The number of carbonyl (C=O) groups is 1. The van der Waals surface area contributed by atoms with Gasteiger partial charge in [0.2, 0.25) is 5.91 Å². The molecule has 0 N–H and O–H groups in total. The Morgan fingerprint density at radius 2 is 1.97 bits per heavy atom. The lowest BCUT2D eigenvalue weighted by Crippen LogP contribution is -2.49. The highest BCUT2D eigenvalue weighted by atomic mass is 127. The Hall–Kier alpha value is -1.87. The van der Waals surface area contributed by atoms with E-state index in [2.05, 4.69) is 17.2 Å². The molecule has 3 rings (SSSR count). The predicted molar refractivity (Wildman–Crippen MR) is 109 cm³/mol. The third kappa shape index (κ3) is 4.66. The summed E-state index contributed by atoms with van der Waals surface area (Å²) in [6.45, 7) is 3.25. The molecule has 1 aromatic carbocycles. The van der Waals surface area contributed by atoms with Gasteiger partial charge in [0.05, 0.1) is 16.4 Å². The van der Waals surface area contributed by atoms with Gasteiger partial charge in [-0.15, -0.1) is 0 Å². The molecule has 0 radical (unpaired) electrons. The van der Waals surface area contributed by atoms with Gasteiger partial charge in [0.1, 0.15) is 17.3 Å². The van der Waals surface area contributed by atoms with E-state index in [-0.39, 0.29) is 16.0 Å². The molecule has 1 aromatic heterocycles. The molecule has 0 saturated carbocycles. The van der Waals surface area contributed by atoms with E-state index in [9.17, 15) is 18.0 Å². The van der Waals surface area contributed by atoms with Crippen LogP contribution in [-0.4, -0.2) is 53.9 Å². The summed E-state index contributed by atoms with van der Waals surface area (Å²) in [6.07, 6.45) is -4.55. The monoisotopic (exact) mass is 540 g/mol. The van der Waals surface area contributed by atoms with Crippen LogP contribution in [0.4, 0.5) is 18.9 Å². The third-order valence-corrected chi connectivity index (χ3v) is 6.24. The quantitative estimate of drug-likeness (QED) is 0.558. The van der Waals surface area contributed by atoms with Crippen molar-refractivity contribution < 1.29 is 22.7 Å². The van der Waals surface area contributed by atoms with Crippen molar-refractivity contribution in [2.24, 2.45) is 0 Å². The Bertz CT molecular complexity index is 911. The van der Waals surface area contributed by atoms with Gasteiger partial charge in [-0.3, -0.25) is 9.48 Å². The van der Waals surface area contributed by atoms with E-state index < -0.39 is 11.9 Å². The number of methoxy groups -OCH3 is 1. The summed E-state index contributed by atoms with van der Waals surface area (Å²) in [5.41, 5.74) is 0.116. The lowest BCUT2D eigenvalue weighted by atomic mass is 10.2. The van der Waals surface area contributed by atoms with Gasteiger partial charge in [-0.2, -0.15) is 18.3 Å². The van der Waals surface area contributed by atoms with Crippen molar-refractivity contribution in [2.45, 2.75) is 19.6 Å². The van der Waals surface area contributed by atoms with Crippen LogP contribution in [0.5, 0.6) is 5.75 Å². The molecule has 0 atom stereocenters. The second-order valence-electron chi connectivity index (χ2n) is 6.43. The fourth-order valence-corrected chi connectivity index (χ4v) is 3.88. The fourth-order valence-electron chi connectivity index (χ4n) is 3.01. The van der Waals surface area contributed by atoms with Crippen molar-refractivity contribution in [3.63, 3.8) is 0 Å². The maximum absolute atomic E-state index is 13.0. The molecular weight excluding hydrogens is 524 g/mol. The number of carbonyl (C=O) groups excluding carboxylic acids is 1. The summed E-state index contributed by atoms with van der Waals surface area (Å²) in [5.74, 6) is 0.216. The second kappa shape index (κ2) is 8.47. The molecule has 0 unspecified atom stereocenters. The molecule has 0 spiro atoms. The van der Waals surface area contributed by atoms with Crippen LogP contribution in [0.1, 0.15) is 11.4 Å². The van der Waals surface area contributed by atoms with E-state index in [1.165, 1.54) is 14.0 Å². The number of hydrogen-bond acceptors (Lipinski definition) is 4. The zero-order valence-electron chi connectivity index (χ0n) is 15.6. The van der Waals surface area contributed by atoms with Gasteiger partial charge in [0.25, 0.3) is 0 Å². The number of anilines is 1. The highest BCUT2D eigenvalue weighted by Gasteiger charge is 2.38. The van der Waals surface area contributed by atoms with E-state index in [0.717, 1.165) is 10.4 Å². The zero-order chi connectivity index (χ0) is 21.3. The molecule has 0 bridgehead atoms. The summed E-state index contributed by atoms with van der Waals surface area (Å²) in [4.78, 5) is 16.2. The molecule has 1 aliphatic rings. The molecule has 0 aliphatic carbocycles. The van der Waals surface area contributed by atoms with Crippen molar-refractivity contribution in [1.29, 1.82) is 0 Å². The molecule has 29 heavy (non-hydrogen) atoms. The van der Waals surface area contributed by atoms with E-state index >= 15 is 0 Å². The van der Waals surface area contributed by atoms with E-state index in [4.69, 9.17) is 16.3 Å². The standard InChI is InChI=1S/C18H17ClF3IN4O2/c1-11-16(23)17(18(20,21)22)24-27(11)10-15(28)26-7-5-25(6-8-26)12-3-4-13(19)14(9-12)29-2/h9H,5-8,10H2,1-2H3. The molecule has 11 heteroatoms. The minimum Gasteiger partial charge on any atom is -0.494 e. The minimum atomic E-state index is -4.55. The maximum Gasteiger partial charge on any atom is 0.436 e. The fraction of sp³-hybridized carbons (Fsp3) is 0.444. The van der Waals surface area contributed by atoms with Crippen molar-refractivity contribution in [2.75, 3.05) is 38.2 Å². The first kappa shape index (κ1) is 21.8. The van der Waals surface area contributed by atoms with E-state index in [1.54, 1.807) is 33.6 Å². The first-order chi connectivity index (χ1) is 13.6. The number of hydrogen-bond donors (Lipinski definition) is 0. The summed E-state index contributed by atoms with van der Waals surface area (Å²) in [7, 11) is 1.51. The lowest BCUT2D eigenvalue weighted by molar-refractivity contribution is -0.142. The lowest BCUT2D eigenvalue weighted by Gasteiger charge is -2.35. The highest BCUT2D eigenvalue weighted by Crippen LogP contribution is 2.33. The number of aromatic nitrogens is 2. The average molecular weight is 541 g/mol. The molecule has 156 valence electrons. The topological polar surface area (TPSA) is 50.6 Å². The summed E-state index contributed by atoms with van der Waals surface area (Å²) < 4.78 is 45.4. The van der Waals surface area contributed by atoms with E-state index in [1.807, 2.05) is 4.90 Å². The molecule has 1 fully saturated rings. The van der Waals surface area contributed by atoms with Crippen molar-refractivity contribution >= 4 is 45.8 Å². The molecule has 1 saturated heterocycles. The van der Waals surface area contributed by atoms with Gasteiger partial charge < -0.3 is 14.5 Å². The average Bonchev–Trinajstić information content (AvgIpc) is 2.97. The van der Waals surface area contributed by atoms with Crippen molar-refractivity contribution in [3.05, 3.63) is 38.2 Å². The van der Waals surface area contributed by atoms with Gasteiger partial charge in [0.15, 0.2) is 5.69 Å². The Balaban J connectivity index is 1.64. The molecule has 1 aliphatic heterocycles. The summed E-state index contributed by atoms with van der Waals surface area (Å²) in [6, 6.07) is 7.51. The SMILES string of the molecule is COc1cc(N2CCN(C(=O)Cn3nc(C(F)(F)F)c(I)c3C)CC2)c#cc1Cl. The van der Waals surface area contributed by atoms with Gasteiger partial charge in [-0.1, -0.05) is 11.6 Å². The van der Waals surface area contributed by atoms with Crippen molar-refractivity contribution in [3.8, 4) is 5.75 Å². The van der Waals surface area contributed by atoms with Crippen LogP contribution in [0.25, 0.3) is 0 Å². The van der Waals surface area contributed by atoms with Gasteiger partial charge in [-0.25, -0.2) is 0 Å². The first-order valence-electron chi connectivity index (χ1n) is 8.62. The summed E-state index contributed by atoms with van der Waals surface area (Å²) in [5, 5.41) is 3.94. The van der Waals surface area contributed by atoms with Crippen LogP contribution in [0.3, 0.4) is 0 Å². The van der Waals surface area contributed by atoms with Crippen LogP contribution in [-0.2, 0) is 17.5 Å². The Morgan fingerprint density at radius 3 is 2.52 bits per heavy atom. The number of halogens is 5. The number of piperazine rings is 1. The molecule has 6 nitrogen and oxygen atoms in total. The number of rotatable bonds is 4. The Morgan fingerprint density at radius 1 is 1.31 bits per heavy atom. The van der Waals surface area contributed by atoms with Gasteiger partial charge in [-0.05, 0) is 41.6 Å². The second-order valence-corrected chi connectivity index (χ2v) is 7.89. The normalized spacial score (nSPS) is 14.7. The first-order valence-corrected chi connectivity index (χ1v) is 10.1. The summed E-state index contributed by atoms with van der Waals surface area (Å²) >= 11 is 7.58. The number of nitrogens with zero attached hydrogens (tertiary/aromatic N) is 4. The largest absolute Gasteiger partial charge is 0.494 e. The molecule has 2 aromatic rings. The number of ether oxygens (including phenoxy) is 1. The number of alkyl halides is 3. The van der Waals surface area contributed by atoms with Crippen LogP contribution in [0, 0.1) is 22.6 Å². The number of amides is 1. The van der Waals surface area contributed by atoms with Crippen molar-refractivity contribution in [1.82, 2.24) is 14.7 Å². The highest BCUT2D eigenvalue weighted by molar-refractivity contribution is 14.1. The van der Waals surface area contributed by atoms with Gasteiger partial charge >= 0.3 is 6.18 Å². The smallest absolute Gasteiger partial charge is 0.436 e. The maximum atomic E-state index is 13.0. The molecular formula is C18H17ClF3IN4O2. The van der Waals surface area contributed by atoms with Crippen LogP contribution < -0.4 is 9.64 Å². The van der Waals surface area contributed by atoms with E-state index in [0.29, 0.717) is 42.6 Å². The van der Waals surface area contributed by atoms with Crippen LogP contribution in [0.15, 0.2) is 6.07 Å². The predicted octanol–water partition coefficient (Wildman–Crippen LogP) is 3.43. The Kier molecular flexibility index (Phi) is 6.38. The van der Waals surface area contributed by atoms with Crippen LogP contribution in [0.2, 0.25) is 5.02 Å². The Labute approximate surface area is 184 Å². The minimum absolute atomic E-state index is 0.0104. The molecule has 1 amide bonds. The third-order valence-electron chi connectivity index (χ3n) is 4.66. The zero-order valence-corrected chi connectivity index (χ0v) is 18.5. The molecule has 2 heterocycles. The van der Waals surface area contributed by atoms with Gasteiger partial charge in [0, 0.05) is 37.9 Å². The van der Waals surface area contributed by atoms with Crippen LogP contribution >= 0.6 is 34.2 Å².